The second-order valence-corrected chi connectivity index (χ2v) is 6.35. The van der Waals surface area contributed by atoms with Gasteiger partial charge in [0.1, 0.15) is 5.60 Å². The third kappa shape index (κ3) is 4.22. The van der Waals surface area contributed by atoms with Crippen LogP contribution in [0.15, 0.2) is 24.3 Å². The fourth-order valence-corrected chi connectivity index (χ4v) is 1.78. The Morgan fingerprint density at radius 3 is 2.11 bits per heavy atom. The Morgan fingerprint density at radius 1 is 1.21 bits per heavy atom. The van der Waals surface area contributed by atoms with Gasteiger partial charge in [0.2, 0.25) is 0 Å². The molecule has 0 saturated heterocycles. The molecule has 2 atom stereocenters. The molecule has 0 aliphatic rings. The lowest BCUT2D eigenvalue weighted by molar-refractivity contribution is -0.168. The van der Waals surface area contributed by atoms with Gasteiger partial charge in [-0.2, -0.15) is 0 Å². The number of benzene rings is 1. The van der Waals surface area contributed by atoms with Gasteiger partial charge in [-0.05, 0) is 52.3 Å². The van der Waals surface area contributed by atoms with Crippen molar-refractivity contribution in [3.8, 4) is 0 Å². The summed E-state index contributed by atoms with van der Waals surface area (Å²) in [6.45, 7) is 8.66. The maximum Gasteiger partial charge on any atom is 0.312 e. The Labute approximate surface area is 119 Å². The second kappa shape index (κ2) is 5.51. The van der Waals surface area contributed by atoms with Crippen LogP contribution in [0.2, 0.25) is 5.02 Å². The van der Waals surface area contributed by atoms with Crippen LogP contribution in [0.1, 0.15) is 40.2 Å². The van der Waals surface area contributed by atoms with Gasteiger partial charge in [0, 0.05) is 5.02 Å². The summed E-state index contributed by atoms with van der Waals surface area (Å²) in [4.78, 5) is 12.0. The van der Waals surface area contributed by atoms with Gasteiger partial charge >= 0.3 is 5.97 Å². The minimum absolute atomic E-state index is 0.424. The van der Waals surface area contributed by atoms with E-state index in [9.17, 15) is 9.90 Å². The first-order valence-corrected chi connectivity index (χ1v) is 6.63. The van der Waals surface area contributed by atoms with Crippen LogP contribution >= 0.6 is 11.6 Å². The van der Waals surface area contributed by atoms with E-state index in [1.54, 1.807) is 58.9 Å². The van der Waals surface area contributed by atoms with Crippen LogP contribution in [0.25, 0.3) is 0 Å². The fourth-order valence-electron chi connectivity index (χ4n) is 1.66. The van der Waals surface area contributed by atoms with Crippen LogP contribution in [-0.4, -0.2) is 16.7 Å². The molecule has 4 heteroatoms. The standard InChI is InChI=1S/C15H21ClO3/c1-10(13(17)19-14(2,3)4)15(5,18)11-6-8-12(16)9-7-11/h6-10,18H,1-5H3. The summed E-state index contributed by atoms with van der Waals surface area (Å²) >= 11 is 5.82. The Balaban J connectivity index is 2.93. The van der Waals surface area contributed by atoms with E-state index in [0.717, 1.165) is 0 Å². The molecule has 1 aromatic rings. The van der Waals surface area contributed by atoms with E-state index >= 15 is 0 Å². The van der Waals surface area contributed by atoms with E-state index in [2.05, 4.69) is 0 Å². The normalized spacial score (nSPS) is 16.6. The van der Waals surface area contributed by atoms with Gasteiger partial charge in [0.15, 0.2) is 0 Å². The van der Waals surface area contributed by atoms with Crippen molar-refractivity contribution in [2.24, 2.45) is 5.92 Å². The van der Waals surface area contributed by atoms with Crippen LogP contribution in [0.5, 0.6) is 0 Å². The highest BCUT2D eigenvalue weighted by Crippen LogP contribution is 2.31. The molecule has 0 amide bonds. The second-order valence-electron chi connectivity index (χ2n) is 5.91. The average molecular weight is 285 g/mol. The molecule has 0 spiro atoms. The third-order valence-corrected chi connectivity index (χ3v) is 3.28. The van der Waals surface area contributed by atoms with Gasteiger partial charge in [0.05, 0.1) is 11.5 Å². The van der Waals surface area contributed by atoms with Crippen LogP contribution < -0.4 is 0 Å². The number of hydrogen-bond donors (Lipinski definition) is 1. The SMILES string of the molecule is CC(C(=O)OC(C)(C)C)C(C)(O)c1ccc(Cl)cc1. The molecule has 106 valence electrons. The van der Waals surface area contributed by atoms with Crippen LogP contribution in [0.3, 0.4) is 0 Å². The van der Waals surface area contributed by atoms with Gasteiger partial charge in [-0.3, -0.25) is 4.79 Å². The van der Waals surface area contributed by atoms with Crippen molar-refractivity contribution in [2.45, 2.75) is 45.8 Å². The van der Waals surface area contributed by atoms with E-state index in [4.69, 9.17) is 16.3 Å². The quantitative estimate of drug-likeness (QED) is 0.864. The van der Waals surface area contributed by atoms with Gasteiger partial charge in [0.25, 0.3) is 0 Å². The summed E-state index contributed by atoms with van der Waals surface area (Å²) in [7, 11) is 0. The molecule has 0 aliphatic heterocycles. The molecular weight excluding hydrogens is 264 g/mol. The molecular formula is C15H21ClO3. The molecule has 0 radical (unpaired) electrons. The smallest absolute Gasteiger partial charge is 0.312 e. The highest BCUT2D eigenvalue weighted by atomic mass is 35.5. The Morgan fingerprint density at radius 2 is 1.68 bits per heavy atom. The molecule has 0 aliphatic carbocycles. The van der Waals surface area contributed by atoms with Gasteiger partial charge in [-0.25, -0.2) is 0 Å². The average Bonchev–Trinajstić information content (AvgIpc) is 2.26. The summed E-state index contributed by atoms with van der Waals surface area (Å²) in [5.74, 6) is -1.10. The van der Waals surface area contributed by atoms with Gasteiger partial charge in [-0.1, -0.05) is 23.7 Å². The molecule has 0 heterocycles. The Kier molecular flexibility index (Phi) is 4.64. The lowest BCUT2D eigenvalue weighted by atomic mass is 9.84. The van der Waals surface area contributed by atoms with E-state index < -0.39 is 23.1 Å². The molecule has 1 rings (SSSR count). The van der Waals surface area contributed by atoms with Crippen molar-refractivity contribution < 1.29 is 14.6 Å². The van der Waals surface area contributed by atoms with E-state index in [1.807, 2.05) is 0 Å². The van der Waals surface area contributed by atoms with Crippen molar-refractivity contribution in [1.82, 2.24) is 0 Å². The first kappa shape index (κ1) is 16.0. The fraction of sp³-hybridized carbons (Fsp3) is 0.533. The number of hydrogen-bond acceptors (Lipinski definition) is 3. The Bertz CT molecular complexity index is 443. The van der Waals surface area contributed by atoms with E-state index in [0.29, 0.717) is 10.6 Å². The predicted molar refractivity (Wildman–Crippen MR) is 76.0 cm³/mol. The first-order chi connectivity index (χ1) is 8.54. The maximum absolute atomic E-state index is 12.0. The van der Waals surface area contributed by atoms with E-state index in [-0.39, 0.29) is 0 Å². The molecule has 1 N–H and O–H groups in total. The maximum atomic E-state index is 12.0. The first-order valence-electron chi connectivity index (χ1n) is 6.25. The molecule has 19 heavy (non-hydrogen) atoms. The van der Waals surface area contributed by atoms with Crippen molar-refractivity contribution in [1.29, 1.82) is 0 Å². The zero-order valence-corrected chi connectivity index (χ0v) is 12.8. The molecule has 0 aromatic heterocycles. The van der Waals surface area contributed by atoms with Crippen molar-refractivity contribution >= 4 is 17.6 Å². The van der Waals surface area contributed by atoms with Crippen LogP contribution in [0, 0.1) is 5.92 Å². The lowest BCUT2D eigenvalue weighted by Crippen LogP contribution is -2.39. The number of halogens is 1. The summed E-state index contributed by atoms with van der Waals surface area (Å²) in [6, 6.07) is 6.80. The predicted octanol–water partition coefficient (Wildman–Crippen LogP) is 3.53. The number of carbonyl (C=O) groups excluding carboxylic acids is 1. The molecule has 2 unspecified atom stereocenters. The molecule has 0 fully saturated rings. The van der Waals surface area contributed by atoms with E-state index in [1.165, 1.54) is 0 Å². The molecule has 0 saturated carbocycles. The minimum atomic E-state index is -1.30. The summed E-state index contributed by atoms with van der Waals surface area (Å²) in [5, 5.41) is 11.2. The summed E-state index contributed by atoms with van der Waals surface area (Å²) < 4.78 is 5.31. The highest BCUT2D eigenvalue weighted by Gasteiger charge is 2.37. The largest absolute Gasteiger partial charge is 0.460 e. The Hall–Kier alpha value is -1.06. The van der Waals surface area contributed by atoms with Gasteiger partial charge < -0.3 is 9.84 Å². The van der Waals surface area contributed by atoms with Crippen LogP contribution in [-0.2, 0) is 15.1 Å². The number of esters is 1. The molecule has 3 nitrogen and oxygen atoms in total. The highest BCUT2D eigenvalue weighted by molar-refractivity contribution is 6.30. The van der Waals surface area contributed by atoms with Crippen LogP contribution in [0.4, 0.5) is 0 Å². The molecule has 0 bridgehead atoms. The summed E-state index contributed by atoms with van der Waals surface area (Å²) in [6.07, 6.45) is 0. The zero-order chi connectivity index (χ0) is 14.8. The lowest BCUT2D eigenvalue weighted by Gasteiger charge is -2.31. The number of ether oxygens (including phenoxy) is 1. The topological polar surface area (TPSA) is 46.5 Å². The number of carbonyl (C=O) groups is 1. The van der Waals surface area contributed by atoms with Crippen molar-refractivity contribution in [2.75, 3.05) is 0 Å². The van der Waals surface area contributed by atoms with Crippen molar-refractivity contribution in [3.63, 3.8) is 0 Å². The monoisotopic (exact) mass is 284 g/mol. The zero-order valence-electron chi connectivity index (χ0n) is 12.0. The number of rotatable bonds is 3. The van der Waals surface area contributed by atoms with Gasteiger partial charge in [-0.15, -0.1) is 0 Å². The number of aliphatic hydroxyl groups is 1. The third-order valence-electron chi connectivity index (χ3n) is 3.03. The van der Waals surface area contributed by atoms with Crippen molar-refractivity contribution in [3.05, 3.63) is 34.9 Å². The minimum Gasteiger partial charge on any atom is -0.460 e. The summed E-state index contributed by atoms with van der Waals surface area (Å²) in [5.41, 5.74) is -1.23. The molecule has 1 aromatic carbocycles.